The van der Waals surface area contributed by atoms with Gasteiger partial charge in [0.2, 0.25) is 0 Å². The summed E-state index contributed by atoms with van der Waals surface area (Å²) in [6.45, 7) is 0. The Labute approximate surface area is 120 Å². The van der Waals surface area contributed by atoms with Gasteiger partial charge in [-0.1, -0.05) is 18.2 Å². The molecule has 0 atom stereocenters. The number of benzene rings is 1. The molecule has 1 aromatic carbocycles. The lowest BCUT2D eigenvalue weighted by Gasteiger charge is -2.02. The Morgan fingerprint density at radius 3 is 2.25 bits per heavy atom. The van der Waals surface area contributed by atoms with Crippen LogP contribution in [0, 0.1) is 7.27 Å². The topological polar surface area (TPSA) is 52.0 Å². The largest absolute Gasteiger partial charge is 0.283 e. The van der Waals surface area contributed by atoms with E-state index in [1.165, 1.54) is 6.20 Å². The molecule has 0 saturated carbocycles. The van der Waals surface area contributed by atoms with Crippen molar-refractivity contribution in [3.63, 3.8) is 0 Å². The Hall–Kier alpha value is -0.160. The summed E-state index contributed by atoms with van der Waals surface area (Å²) < 4.78 is 26.7. The second-order valence-electron chi connectivity index (χ2n) is 2.96. The molecule has 0 aliphatic carbocycles. The number of hydrogen-bond donors (Lipinski definition) is 0. The fourth-order valence-electron chi connectivity index (χ4n) is 1.14. The lowest BCUT2D eigenvalue weighted by molar-refractivity contribution is 0.579. The molecule has 0 N–H and O–H groups in total. The molecule has 0 unspecified atom stereocenters. The van der Waals surface area contributed by atoms with Crippen LogP contribution in [0.4, 0.5) is 0 Å². The average molecular weight is 460 g/mol. The molecule has 0 spiro atoms. The van der Waals surface area contributed by atoms with Crippen LogP contribution in [-0.4, -0.2) is 17.6 Å². The van der Waals surface area contributed by atoms with Crippen molar-refractivity contribution in [2.75, 3.05) is 0 Å². The fraction of sp³-hybridized carbons (Fsp3) is 0. The van der Waals surface area contributed by atoms with Crippen LogP contribution in [0.5, 0.6) is 0 Å². The van der Waals surface area contributed by atoms with Crippen molar-refractivity contribution in [1.82, 2.24) is 9.19 Å². The monoisotopic (exact) mass is 460 g/mol. The summed E-state index contributed by atoms with van der Waals surface area (Å²) in [5.74, 6) is 0. The third-order valence-electron chi connectivity index (χ3n) is 1.89. The first-order chi connectivity index (χ1) is 7.51. The molecular formula is C9H6I2N2O2S. The first kappa shape index (κ1) is 12.3. The summed E-state index contributed by atoms with van der Waals surface area (Å²) in [7, 11) is -3.54. The molecule has 2 aromatic rings. The number of hydrogen-bond acceptors (Lipinski definition) is 3. The van der Waals surface area contributed by atoms with Gasteiger partial charge >= 0.3 is 0 Å². The van der Waals surface area contributed by atoms with Crippen molar-refractivity contribution in [3.05, 3.63) is 43.8 Å². The van der Waals surface area contributed by atoms with Crippen LogP contribution < -0.4 is 0 Å². The molecule has 0 aliphatic rings. The molecule has 0 saturated heterocycles. The lowest BCUT2D eigenvalue weighted by atomic mass is 10.4. The van der Waals surface area contributed by atoms with E-state index in [1.807, 2.05) is 45.2 Å². The van der Waals surface area contributed by atoms with Crippen LogP contribution in [0.3, 0.4) is 0 Å². The van der Waals surface area contributed by atoms with E-state index >= 15 is 0 Å². The third-order valence-corrected chi connectivity index (χ3v) is 6.06. The number of nitrogens with zero attached hydrogens (tertiary/aromatic N) is 2. The van der Waals surface area contributed by atoms with E-state index in [0.29, 0.717) is 3.70 Å². The minimum absolute atomic E-state index is 0.241. The second-order valence-corrected chi connectivity index (χ2v) is 6.94. The fourth-order valence-corrected chi connectivity index (χ4v) is 3.37. The molecular weight excluding hydrogens is 454 g/mol. The highest BCUT2D eigenvalue weighted by Gasteiger charge is 2.18. The molecule has 84 valence electrons. The van der Waals surface area contributed by atoms with E-state index in [1.54, 1.807) is 30.3 Å². The van der Waals surface area contributed by atoms with Gasteiger partial charge in [0.1, 0.15) is 3.70 Å². The number of halogens is 2. The van der Waals surface area contributed by atoms with Crippen LogP contribution in [0.25, 0.3) is 0 Å². The SMILES string of the molecule is O=S(=O)(c1ccccc1)n1cc(I)c(I)n1. The summed E-state index contributed by atoms with van der Waals surface area (Å²) in [6, 6.07) is 8.25. The number of rotatable bonds is 2. The smallest absolute Gasteiger partial charge is 0.199 e. The minimum Gasteiger partial charge on any atom is -0.199 e. The van der Waals surface area contributed by atoms with Gasteiger partial charge in [0.05, 0.1) is 14.7 Å². The zero-order valence-corrected chi connectivity index (χ0v) is 13.0. The molecule has 4 nitrogen and oxygen atoms in total. The Morgan fingerprint density at radius 1 is 1.12 bits per heavy atom. The molecule has 1 aromatic heterocycles. The van der Waals surface area contributed by atoms with Gasteiger partial charge in [0.25, 0.3) is 10.0 Å². The van der Waals surface area contributed by atoms with Gasteiger partial charge in [-0.05, 0) is 57.3 Å². The first-order valence-corrected chi connectivity index (χ1v) is 7.83. The zero-order valence-electron chi connectivity index (χ0n) is 7.84. The summed E-state index contributed by atoms with van der Waals surface area (Å²) in [4.78, 5) is 0.241. The van der Waals surface area contributed by atoms with Crippen molar-refractivity contribution in [1.29, 1.82) is 0 Å². The molecule has 0 bridgehead atoms. The van der Waals surface area contributed by atoms with E-state index in [-0.39, 0.29) is 4.90 Å². The number of aromatic nitrogens is 2. The Kier molecular flexibility index (Phi) is 3.54. The van der Waals surface area contributed by atoms with Crippen molar-refractivity contribution in [2.45, 2.75) is 4.90 Å². The molecule has 0 radical (unpaired) electrons. The summed E-state index contributed by atoms with van der Waals surface area (Å²) >= 11 is 4.05. The quantitative estimate of drug-likeness (QED) is 0.648. The summed E-state index contributed by atoms with van der Waals surface area (Å²) in [6.07, 6.45) is 1.50. The zero-order chi connectivity index (χ0) is 11.8. The van der Waals surface area contributed by atoms with Crippen LogP contribution in [0.2, 0.25) is 0 Å². The molecule has 16 heavy (non-hydrogen) atoms. The lowest BCUT2D eigenvalue weighted by Crippen LogP contribution is -2.13. The Balaban J connectivity index is 2.56. The van der Waals surface area contributed by atoms with Gasteiger partial charge in [-0.3, -0.25) is 0 Å². The van der Waals surface area contributed by atoms with Crippen LogP contribution in [0.15, 0.2) is 41.4 Å². The molecule has 1 heterocycles. The van der Waals surface area contributed by atoms with E-state index in [2.05, 4.69) is 5.10 Å². The first-order valence-electron chi connectivity index (χ1n) is 4.23. The van der Waals surface area contributed by atoms with E-state index < -0.39 is 10.0 Å². The van der Waals surface area contributed by atoms with Gasteiger partial charge in [-0.25, -0.2) is 0 Å². The minimum atomic E-state index is -3.54. The molecule has 7 heteroatoms. The maximum atomic E-state index is 12.1. The highest BCUT2D eigenvalue weighted by atomic mass is 127. The van der Waals surface area contributed by atoms with Crippen LogP contribution >= 0.6 is 45.2 Å². The van der Waals surface area contributed by atoms with E-state index in [0.717, 1.165) is 7.66 Å². The van der Waals surface area contributed by atoms with Gasteiger partial charge in [0.15, 0.2) is 0 Å². The maximum absolute atomic E-state index is 12.1. The van der Waals surface area contributed by atoms with Crippen molar-refractivity contribution in [2.24, 2.45) is 0 Å². The van der Waals surface area contributed by atoms with Crippen LogP contribution in [-0.2, 0) is 10.0 Å². The standard InChI is InChI=1S/C9H6I2N2O2S/c10-8-6-13(12-9(8)11)16(14,15)7-4-2-1-3-5-7/h1-6H. The molecule has 2 rings (SSSR count). The second kappa shape index (κ2) is 4.61. The van der Waals surface area contributed by atoms with Gasteiger partial charge in [0, 0.05) is 0 Å². The summed E-state index contributed by atoms with van der Waals surface area (Å²) in [5, 5.41) is 3.97. The molecule has 0 fully saturated rings. The highest BCUT2D eigenvalue weighted by molar-refractivity contribution is 14.1. The van der Waals surface area contributed by atoms with Crippen LogP contribution in [0.1, 0.15) is 0 Å². The molecule has 0 aliphatic heterocycles. The van der Waals surface area contributed by atoms with Gasteiger partial charge in [-0.2, -0.15) is 17.6 Å². The summed E-state index contributed by atoms with van der Waals surface area (Å²) in [5.41, 5.74) is 0. The Bertz CT molecular complexity index is 588. The van der Waals surface area contributed by atoms with Crippen molar-refractivity contribution in [3.8, 4) is 0 Å². The van der Waals surface area contributed by atoms with Gasteiger partial charge < -0.3 is 0 Å². The molecule has 0 amide bonds. The maximum Gasteiger partial charge on any atom is 0.283 e. The third kappa shape index (κ3) is 2.25. The van der Waals surface area contributed by atoms with E-state index in [4.69, 9.17) is 0 Å². The van der Waals surface area contributed by atoms with Gasteiger partial charge in [-0.15, -0.1) is 0 Å². The van der Waals surface area contributed by atoms with Crippen molar-refractivity contribution >= 4 is 55.2 Å². The van der Waals surface area contributed by atoms with Crippen molar-refractivity contribution < 1.29 is 8.42 Å². The predicted octanol–water partition coefficient (Wildman–Crippen LogP) is 2.33. The normalized spacial score (nSPS) is 11.6. The Morgan fingerprint density at radius 2 is 1.75 bits per heavy atom. The van der Waals surface area contributed by atoms with E-state index in [9.17, 15) is 8.42 Å². The predicted molar refractivity (Wildman–Crippen MR) is 76.7 cm³/mol. The highest BCUT2D eigenvalue weighted by Crippen LogP contribution is 2.17. The average Bonchev–Trinajstić information content (AvgIpc) is 2.61.